The Bertz CT molecular complexity index is 1500. The van der Waals surface area contributed by atoms with Crippen LogP contribution in [-0.4, -0.2) is 14.3 Å². The zero-order chi connectivity index (χ0) is 25.9. The number of amides is 1. The Morgan fingerprint density at radius 3 is 2.19 bits per heavy atom. The van der Waals surface area contributed by atoms with E-state index in [1.807, 2.05) is 39.0 Å². The lowest BCUT2D eigenvalue weighted by Crippen LogP contribution is -2.31. The highest BCUT2D eigenvalue weighted by molar-refractivity contribution is 7.92. The molecular formula is C29H27ClN2O3S. The summed E-state index contributed by atoms with van der Waals surface area (Å²) in [6, 6.07) is 26.3. The summed E-state index contributed by atoms with van der Waals surface area (Å²) in [4.78, 5) is 13.0. The van der Waals surface area contributed by atoms with E-state index in [4.69, 9.17) is 11.6 Å². The van der Waals surface area contributed by atoms with Gasteiger partial charge in [-0.1, -0.05) is 60.1 Å². The van der Waals surface area contributed by atoms with Gasteiger partial charge in [-0.25, -0.2) is 8.42 Å². The van der Waals surface area contributed by atoms with Gasteiger partial charge >= 0.3 is 0 Å². The number of nitrogens with zero attached hydrogens (tertiary/aromatic N) is 1. The van der Waals surface area contributed by atoms with Crippen molar-refractivity contribution in [3.63, 3.8) is 0 Å². The van der Waals surface area contributed by atoms with Crippen LogP contribution in [0.15, 0.2) is 95.9 Å². The molecule has 184 valence electrons. The van der Waals surface area contributed by atoms with E-state index in [2.05, 4.69) is 5.32 Å². The average Bonchev–Trinajstić information content (AvgIpc) is 2.87. The van der Waals surface area contributed by atoms with Gasteiger partial charge in [0.25, 0.3) is 15.9 Å². The lowest BCUT2D eigenvalue weighted by Gasteiger charge is -2.26. The molecule has 0 saturated heterocycles. The molecule has 36 heavy (non-hydrogen) atoms. The summed E-state index contributed by atoms with van der Waals surface area (Å²) in [5.74, 6) is -0.227. The lowest BCUT2D eigenvalue weighted by atomic mass is 10.1. The smallest absolute Gasteiger partial charge is 0.264 e. The number of hydrogen-bond acceptors (Lipinski definition) is 3. The van der Waals surface area contributed by atoms with Crippen molar-refractivity contribution in [2.24, 2.45) is 0 Å². The molecule has 0 heterocycles. The first-order valence-electron chi connectivity index (χ1n) is 11.5. The second kappa shape index (κ2) is 10.6. The molecule has 0 aliphatic rings. The van der Waals surface area contributed by atoms with Gasteiger partial charge in [-0.15, -0.1) is 0 Å². The van der Waals surface area contributed by atoms with E-state index in [1.165, 1.54) is 4.31 Å². The maximum atomic E-state index is 13.7. The molecular weight excluding hydrogens is 492 g/mol. The summed E-state index contributed by atoms with van der Waals surface area (Å²) in [6.07, 6.45) is 0. The van der Waals surface area contributed by atoms with Gasteiger partial charge in [0.1, 0.15) is 0 Å². The summed E-state index contributed by atoms with van der Waals surface area (Å²) in [6.45, 7) is 5.84. The van der Waals surface area contributed by atoms with Crippen LogP contribution in [0.1, 0.15) is 32.6 Å². The molecule has 4 aromatic rings. The molecule has 0 aliphatic carbocycles. The summed E-state index contributed by atoms with van der Waals surface area (Å²) in [5, 5.41) is 3.40. The molecule has 0 radical (unpaired) electrons. The molecule has 5 nitrogen and oxygen atoms in total. The van der Waals surface area contributed by atoms with E-state index >= 15 is 0 Å². The van der Waals surface area contributed by atoms with Crippen LogP contribution < -0.4 is 9.62 Å². The molecule has 1 N–H and O–H groups in total. The molecule has 0 aliphatic heterocycles. The number of carbonyl (C=O) groups excluding carboxylic acids is 1. The highest BCUT2D eigenvalue weighted by atomic mass is 35.5. The third-order valence-electron chi connectivity index (χ3n) is 5.95. The third-order valence-corrected chi connectivity index (χ3v) is 7.96. The molecule has 0 spiro atoms. The molecule has 0 unspecified atom stereocenters. The largest absolute Gasteiger partial charge is 0.322 e. The van der Waals surface area contributed by atoms with Crippen LogP contribution in [0.4, 0.5) is 11.4 Å². The highest BCUT2D eigenvalue weighted by Gasteiger charge is 2.26. The minimum atomic E-state index is -3.87. The van der Waals surface area contributed by atoms with Gasteiger partial charge in [-0.3, -0.25) is 9.10 Å². The van der Waals surface area contributed by atoms with Gasteiger partial charge in [-0.05, 0) is 85.5 Å². The van der Waals surface area contributed by atoms with Gasteiger partial charge in [0.15, 0.2) is 0 Å². The van der Waals surface area contributed by atoms with Gasteiger partial charge in [0, 0.05) is 16.3 Å². The van der Waals surface area contributed by atoms with Crippen molar-refractivity contribution in [1.82, 2.24) is 0 Å². The van der Waals surface area contributed by atoms with Crippen molar-refractivity contribution in [3.8, 4) is 0 Å². The predicted octanol–water partition coefficient (Wildman–Crippen LogP) is 6.91. The van der Waals surface area contributed by atoms with Gasteiger partial charge in [-0.2, -0.15) is 0 Å². The number of hydrogen-bond donors (Lipinski definition) is 1. The molecule has 0 atom stereocenters. The maximum Gasteiger partial charge on any atom is 0.264 e. The minimum absolute atomic E-state index is 0.0807. The first kappa shape index (κ1) is 25.5. The fourth-order valence-electron chi connectivity index (χ4n) is 3.86. The predicted molar refractivity (Wildman–Crippen MR) is 146 cm³/mol. The van der Waals surface area contributed by atoms with Crippen molar-refractivity contribution in [2.75, 3.05) is 9.62 Å². The molecule has 0 fully saturated rings. The number of anilines is 2. The Balaban J connectivity index is 1.64. The number of nitrogens with one attached hydrogen (secondary N) is 1. The van der Waals surface area contributed by atoms with Crippen LogP contribution in [0.5, 0.6) is 0 Å². The van der Waals surface area contributed by atoms with Crippen molar-refractivity contribution >= 4 is 38.9 Å². The number of benzene rings is 4. The number of sulfonamides is 1. The van der Waals surface area contributed by atoms with Crippen LogP contribution in [0.25, 0.3) is 0 Å². The molecule has 4 rings (SSSR count). The van der Waals surface area contributed by atoms with Crippen molar-refractivity contribution in [2.45, 2.75) is 32.2 Å². The zero-order valence-corrected chi connectivity index (χ0v) is 21.9. The van der Waals surface area contributed by atoms with Gasteiger partial charge < -0.3 is 5.32 Å². The fraction of sp³-hybridized carbons (Fsp3) is 0.138. The van der Waals surface area contributed by atoms with E-state index < -0.39 is 10.0 Å². The monoisotopic (exact) mass is 518 g/mol. The first-order chi connectivity index (χ1) is 17.1. The summed E-state index contributed by atoms with van der Waals surface area (Å²) in [7, 11) is -3.87. The second-order valence-electron chi connectivity index (χ2n) is 8.72. The van der Waals surface area contributed by atoms with E-state index in [9.17, 15) is 13.2 Å². The summed E-state index contributed by atoms with van der Waals surface area (Å²) in [5.41, 5.74) is 5.30. The van der Waals surface area contributed by atoms with Crippen LogP contribution in [0.2, 0.25) is 5.02 Å². The molecule has 0 aromatic heterocycles. The maximum absolute atomic E-state index is 13.7. The SMILES string of the molecule is Cc1ccc(C)c(NC(=O)c2ccc(CN(c3cc(Cl)ccc3C)S(=O)(=O)c3ccccc3)cc2)c1. The normalized spacial score (nSPS) is 11.2. The zero-order valence-electron chi connectivity index (χ0n) is 20.3. The van der Waals surface area contributed by atoms with Crippen molar-refractivity contribution in [3.05, 3.63) is 124 Å². The van der Waals surface area contributed by atoms with Crippen LogP contribution in [0.3, 0.4) is 0 Å². The molecule has 4 aromatic carbocycles. The third kappa shape index (κ3) is 5.61. The Morgan fingerprint density at radius 1 is 0.833 bits per heavy atom. The summed E-state index contributed by atoms with van der Waals surface area (Å²) < 4.78 is 28.7. The number of carbonyl (C=O) groups is 1. The lowest BCUT2D eigenvalue weighted by molar-refractivity contribution is 0.102. The second-order valence-corrected chi connectivity index (χ2v) is 11.0. The van der Waals surface area contributed by atoms with Crippen LogP contribution >= 0.6 is 11.6 Å². The summed E-state index contributed by atoms with van der Waals surface area (Å²) >= 11 is 6.24. The standard InChI is InChI=1S/C29H27ClN2O3S/c1-20-9-10-21(2)27(17-20)31-29(33)24-14-12-23(13-15-24)19-32(28-18-25(30)16-11-22(28)3)36(34,35)26-7-5-4-6-8-26/h4-18H,19H2,1-3H3,(H,31,33). The average molecular weight is 519 g/mol. The Kier molecular flexibility index (Phi) is 7.48. The van der Waals surface area contributed by atoms with Crippen molar-refractivity contribution in [1.29, 1.82) is 0 Å². The Labute approximate surface area is 217 Å². The van der Waals surface area contributed by atoms with Crippen molar-refractivity contribution < 1.29 is 13.2 Å². The molecule has 1 amide bonds. The van der Waals surface area contributed by atoms with Gasteiger partial charge in [0.05, 0.1) is 17.1 Å². The quantitative estimate of drug-likeness (QED) is 0.289. The molecule has 7 heteroatoms. The molecule has 0 saturated carbocycles. The Morgan fingerprint density at radius 2 is 1.50 bits per heavy atom. The van der Waals surface area contributed by atoms with E-state index in [0.29, 0.717) is 16.3 Å². The number of aryl methyl sites for hydroxylation is 3. The van der Waals surface area contributed by atoms with E-state index in [0.717, 1.165) is 27.9 Å². The van der Waals surface area contributed by atoms with E-state index in [-0.39, 0.29) is 17.3 Å². The van der Waals surface area contributed by atoms with Crippen LogP contribution in [0, 0.1) is 20.8 Å². The topological polar surface area (TPSA) is 66.5 Å². The van der Waals surface area contributed by atoms with Gasteiger partial charge in [0.2, 0.25) is 0 Å². The number of halogens is 1. The first-order valence-corrected chi connectivity index (χ1v) is 13.3. The fourth-order valence-corrected chi connectivity index (χ4v) is 5.56. The Hall–Kier alpha value is -3.61. The highest BCUT2D eigenvalue weighted by Crippen LogP contribution is 2.31. The minimum Gasteiger partial charge on any atom is -0.322 e. The number of rotatable bonds is 7. The van der Waals surface area contributed by atoms with E-state index in [1.54, 1.807) is 72.8 Å². The van der Waals surface area contributed by atoms with Crippen LogP contribution in [-0.2, 0) is 16.6 Å². The molecule has 0 bridgehead atoms.